The third-order valence-corrected chi connectivity index (χ3v) is 3.80. The molecule has 2 aromatic rings. The van der Waals surface area contributed by atoms with Crippen molar-refractivity contribution >= 4 is 17.6 Å². The van der Waals surface area contributed by atoms with Crippen LogP contribution in [0, 0.1) is 27.9 Å². The fraction of sp³-hybridized carbons (Fsp3) is 0.200. The van der Waals surface area contributed by atoms with Crippen molar-refractivity contribution < 1.29 is 19.6 Å². The molecule has 0 aliphatic rings. The van der Waals surface area contributed by atoms with Gasteiger partial charge < -0.3 is 10.4 Å². The number of amides is 1. The summed E-state index contributed by atoms with van der Waals surface area (Å²) in [5.74, 6) is 4.01. The third-order valence-electron chi connectivity index (χ3n) is 3.80. The van der Waals surface area contributed by atoms with E-state index < -0.39 is 22.8 Å². The van der Waals surface area contributed by atoms with Crippen molar-refractivity contribution in [3.05, 3.63) is 75.3 Å². The van der Waals surface area contributed by atoms with Crippen LogP contribution in [-0.4, -0.2) is 27.9 Å². The zero-order valence-corrected chi connectivity index (χ0v) is 14.8. The maximum absolute atomic E-state index is 12.2. The van der Waals surface area contributed by atoms with Gasteiger partial charge >= 0.3 is 5.97 Å². The molecule has 138 valence electrons. The van der Waals surface area contributed by atoms with Gasteiger partial charge in [-0.05, 0) is 42.3 Å². The third kappa shape index (κ3) is 5.41. The van der Waals surface area contributed by atoms with Gasteiger partial charge in [-0.3, -0.25) is 14.9 Å². The van der Waals surface area contributed by atoms with Gasteiger partial charge in [0.05, 0.1) is 4.92 Å². The van der Waals surface area contributed by atoms with Crippen LogP contribution in [0.3, 0.4) is 0 Å². The second kappa shape index (κ2) is 8.63. The lowest BCUT2D eigenvalue weighted by Crippen LogP contribution is -2.44. The number of carbonyl (C=O) groups is 2. The first-order chi connectivity index (χ1) is 12.8. The van der Waals surface area contributed by atoms with E-state index in [0.717, 1.165) is 0 Å². The molecule has 1 unspecified atom stereocenters. The highest BCUT2D eigenvalue weighted by atomic mass is 16.6. The first-order valence-electron chi connectivity index (χ1n) is 8.18. The summed E-state index contributed by atoms with van der Waals surface area (Å²) in [5, 5.41) is 22.3. The summed E-state index contributed by atoms with van der Waals surface area (Å²) in [6, 6.07) is 11.4. The summed E-state index contributed by atoms with van der Waals surface area (Å²) >= 11 is 0. The molecule has 2 aromatic carbocycles. The second-order valence-electron chi connectivity index (χ2n) is 6.16. The molecule has 0 saturated heterocycles. The number of carboxylic acid groups (broad SMARTS) is 1. The minimum atomic E-state index is -1.08. The molecular formula is C20H18N2O5. The Morgan fingerprint density at radius 3 is 1.89 bits per heavy atom. The summed E-state index contributed by atoms with van der Waals surface area (Å²) in [6.45, 7) is 3.44. The molecule has 0 bridgehead atoms. The highest BCUT2D eigenvalue weighted by Crippen LogP contribution is 2.11. The standard InChI is InChI=1S/C20H18N2O5/c1-13(2)18(20(24)25)21-19(23)16-9-5-14(6-10-16)3-4-15-7-11-17(12-8-15)22(26)27/h5-13,18H,1-2H3,(H,21,23)(H,24,25). The number of benzene rings is 2. The molecule has 2 N–H and O–H groups in total. The Morgan fingerprint density at radius 2 is 1.48 bits per heavy atom. The molecule has 0 saturated carbocycles. The van der Waals surface area contributed by atoms with Crippen LogP contribution in [0.4, 0.5) is 5.69 Å². The van der Waals surface area contributed by atoms with E-state index >= 15 is 0 Å². The number of carboxylic acids is 1. The fourth-order valence-corrected chi connectivity index (χ4v) is 2.25. The predicted molar refractivity (Wildman–Crippen MR) is 99.2 cm³/mol. The zero-order valence-electron chi connectivity index (χ0n) is 14.8. The van der Waals surface area contributed by atoms with Gasteiger partial charge in [0.15, 0.2) is 0 Å². The van der Waals surface area contributed by atoms with E-state index in [4.69, 9.17) is 5.11 Å². The lowest BCUT2D eigenvalue weighted by atomic mass is 10.0. The van der Waals surface area contributed by atoms with E-state index in [2.05, 4.69) is 17.2 Å². The minimum absolute atomic E-state index is 0.00280. The monoisotopic (exact) mass is 366 g/mol. The highest BCUT2D eigenvalue weighted by molar-refractivity contribution is 5.96. The maximum Gasteiger partial charge on any atom is 0.326 e. The number of rotatable bonds is 5. The smallest absolute Gasteiger partial charge is 0.326 e. The average Bonchev–Trinajstić information content (AvgIpc) is 2.64. The quantitative estimate of drug-likeness (QED) is 0.480. The summed E-state index contributed by atoms with van der Waals surface area (Å²) in [5.41, 5.74) is 1.62. The van der Waals surface area contributed by atoms with Crippen LogP contribution < -0.4 is 5.32 Å². The normalized spacial score (nSPS) is 11.2. The number of nitro benzene ring substituents is 1. The number of nitrogens with zero attached hydrogens (tertiary/aromatic N) is 1. The Bertz CT molecular complexity index is 906. The van der Waals surface area contributed by atoms with E-state index in [1.54, 1.807) is 50.2 Å². The molecule has 0 spiro atoms. The van der Waals surface area contributed by atoms with Gasteiger partial charge in [-0.2, -0.15) is 0 Å². The number of nitro groups is 1. The molecule has 1 amide bonds. The first kappa shape index (κ1) is 19.7. The summed E-state index contributed by atoms with van der Waals surface area (Å²) < 4.78 is 0. The number of hydrogen-bond acceptors (Lipinski definition) is 4. The molecule has 7 nitrogen and oxygen atoms in total. The summed E-state index contributed by atoms with van der Waals surface area (Å²) in [6.07, 6.45) is 0. The maximum atomic E-state index is 12.2. The summed E-state index contributed by atoms with van der Waals surface area (Å²) in [7, 11) is 0. The molecule has 0 heterocycles. The first-order valence-corrected chi connectivity index (χ1v) is 8.18. The molecular weight excluding hydrogens is 348 g/mol. The number of aliphatic carboxylic acids is 1. The number of nitrogens with one attached hydrogen (secondary N) is 1. The summed E-state index contributed by atoms with van der Waals surface area (Å²) in [4.78, 5) is 33.5. The molecule has 0 radical (unpaired) electrons. The van der Waals surface area contributed by atoms with Crippen LogP contribution >= 0.6 is 0 Å². The molecule has 0 aliphatic heterocycles. The molecule has 27 heavy (non-hydrogen) atoms. The SMILES string of the molecule is CC(C)C(NC(=O)c1ccc(C#Cc2ccc([N+](=O)[O-])cc2)cc1)C(=O)O. The van der Waals surface area contributed by atoms with Crippen LogP contribution in [0.5, 0.6) is 0 Å². The minimum Gasteiger partial charge on any atom is -0.480 e. The number of hydrogen-bond donors (Lipinski definition) is 2. The van der Waals surface area contributed by atoms with Gasteiger partial charge in [0.25, 0.3) is 11.6 Å². The Hall–Kier alpha value is -3.66. The zero-order chi connectivity index (χ0) is 20.0. The van der Waals surface area contributed by atoms with Crippen LogP contribution in [-0.2, 0) is 4.79 Å². The molecule has 7 heteroatoms. The van der Waals surface area contributed by atoms with Crippen molar-refractivity contribution in [3.8, 4) is 11.8 Å². The fourth-order valence-electron chi connectivity index (χ4n) is 2.25. The van der Waals surface area contributed by atoms with Crippen LogP contribution in [0.2, 0.25) is 0 Å². The number of carbonyl (C=O) groups excluding carboxylic acids is 1. The van der Waals surface area contributed by atoms with Crippen molar-refractivity contribution in [1.82, 2.24) is 5.32 Å². The molecule has 0 aliphatic carbocycles. The largest absolute Gasteiger partial charge is 0.480 e. The molecule has 2 rings (SSSR count). The van der Waals surface area contributed by atoms with Crippen molar-refractivity contribution in [2.45, 2.75) is 19.9 Å². The van der Waals surface area contributed by atoms with E-state index in [1.165, 1.54) is 12.1 Å². The average molecular weight is 366 g/mol. The van der Waals surface area contributed by atoms with Crippen LogP contribution in [0.15, 0.2) is 48.5 Å². The van der Waals surface area contributed by atoms with E-state index in [9.17, 15) is 19.7 Å². The van der Waals surface area contributed by atoms with Crippen molar-refractivity contribution in [3.63, 3.8) is 0 Å². The Morgan fingerprint density at radius 1 is 1.00 bits per heavy atom. The van der Waals surface area contributed by atoms with Crippen molar-refractivity contribution in [2.75, 3.05) is 0 Å². The van der Waals surface area contributed by atoms with Crippen LogP contribution in [0.25, 0.3) is 0 Å². The van der Waals surface area contributed by atoms with E-state index in [-0.39, 0.29) is 11.6 Å². The van der Waals surface area contributed by atoms with Crippen molar-refractivity contribution in [1.29, 1.82) is 0 Å². The van der Waals surface area contributed by atoms with Gasteiger partial charge in [-0.25, -0.2) is 4.79 Å². The lowest BCUT2D eigenvalue weighted by Gasteiger charge is -2.17. The van der Waals surface area contributed by atoms with Gasteiger partial charge in [-0.15, -0.1) is 0 Å². The van der Waals surface area contributed by atoms with Gasteiger partial charge in [0.2, 0.25) is 0 Å². The Balaban J connectivity index is 2.08. The Kier molecular flexibility index (Phi) is 6.28. The predicted octanol–water partition coefficient (Wildman–Crippen LogP) is 2.83. The lowest BCUT2D eigenvalue weighted by molar-refractivity contribution is -0.384. The van der Waals surface area contributed by atoms with Crippen LogP contribution in [0.1, 0.15) is 35.3 Å². The molecule has 1 atom stereocenters. The topological polar surface area (TPSA) is 110 Å². The Labute approximate surface area is 156 Å². The molecule has 0 fully saturated rings. The highest BCUT2D eigenvalue weighted by Gasteiger charge is 2.23. The van der Waals surface area contributed by atoms with E-state index in [1.807, 2.05) is 0 Å². The molecule has 0 aromatic heterocycles. The van der Waals surface area contributed by atoms with Gasteiger partial charge in [-0.1, -0.05) is 25.7 Å². The van der Waals surface area contributed by atoms with E-state index in [0.29, 0.717) is 16.7 Å². The van der Waals surface area contributed by atoms with Gasteiger partial charge in [0, 0.05) is 28.8 Å². The number of non-ortho nitro benzene ring substituents is 1. The van der Waals surface area contributed by atoms with Crippen molar-refractivity contribution in [2.24, 2.45) is 5.92 Å². The van der Waals surface area contributed by atoms with Gasteiger partial charge in [0.1, 0.15) is 6.04 Å². The second-order valence-corrected chi connectivity index (χ2v) is 6.16.